The molecule has 3 aromatic heterocycles. The van der Waals surface area contributed by atoms with E-state index < -0.39 is 0 Å². The first-order valence-electron chi connectivity index (χ1n) is 17.6. The van der Waals surface area contributed by atoms with Crippen molar-refractivity contribution < 1.29 is 0 Å². The smallest absolute Gasteiger partial charge is 0.0737 e. The summed E-state index contributed by atoms with van der Waals surface area (Å²) >= 11 is 0. The molecule has 0 saturated heterocycles. The van der Waals surface area contributed by atoms with Gasteiger partial charge in [0.05, 0.1) is 22.8 Å². The number of aromatic amines is 2. The Kier molecular flexibility index (Phi) is 8.57. The van der Waals surface area contributed by atoms with Crippen molar-refractivity contribution in [2.75, 3.05) is 0 Å². The van der Waals surface area contributed by atoms with Gasteiger partial charge in [-0.2, -0.15) is 0 Å². The van der Waals surface area contributed by atoms with Gasteiger partial charge in [-0.25, -0.2) is 9.97 Å². The number of nitrogens with zero attached hydrogens (tertiary/aromatic N) is 2. The molecular weight excluding hydrogens is 621 g/mol. The predicted octanol–water partition coefficient (Wildman–Crippen LogP) is 12.7. The van der Waals surface area contributed by atoms with Crippen LogP contribution in [0.4, 0.5) is 0 Å². The summed E-state index contributed by atoms with van der Waals surface area (Å²) in [5.41, 5.74) is 17.4. The van der Waals surface area contributed by atoms with Gasteiger partial charge in [-0.05, 0) is 77.7 Å². The van der Waals surface area contributed by atoms with Crippen LogP contribution in [-0.4, -0.2) is 19.9 Å². The van der Waals surface area contributed by atoms with Gasteiger partial charge in [0.2, 0.25) is 0 Å². The van der Waals surface area contributed by atoms with E-state index in [0.717, 1.165) is 89.4 Å². The molecule has 0 amide bonds. The average Bonchev–Trinajstić information content (AvgIpc) is 4.02. The van der Waals surface area contributed by atoms with Gasteiger partial charge < -0.3 is 9.97 Å². The van der Waals surface area contributed by atoms with Crippen molar-refractivity contribution in [3.63, 3.8) is 0 Å². The van der Waals surface area contributed by atoms with Crippen LogP contribution in [0.15, 0.2) is 140 Å². The Morgan fingerprint density at radius 1 is 0.333 bits per heavy atom. The van der Waals surface area contributed by atoms with Crippen LogP contribution in [-0.2, 0) is 0 Å². The topological polar surface area (TPSA) is 57.4 Å². The molecule has 0 spiro atoms. The third-order valence-electron chi connectivity index (χ3n) is 9.28. The van der Waals surface area contributed by atoms with Gasteiger partial charge in [0.1, 0.15) is 0 Å². The highest BCUT2D eigenvalue weighted by Gasteiger charge is 2.18. The number of benzene rings is 4. The van der Waals surface area contributed by atoms with E-state index in [-0.39, 0.29) is 0 Å². The molecule has 0 saturated carbocycles. The molecule has 5 heterocycles. The number of fused-ring (bicyclic) bond motifs is 8. The highest BCUT2D eigenvalue weighted by atomic mass is 14.8. The lowest BCUT2D eigenvalue weighted by Gasteiger charge is -2.07. The molecule has 0 aliphatic carbocycles. The van der Waals surface area contributed by atoms with Crippen LogP contribution in [0.1, 0.15) is 42.2 Å². The highest BCUT2D eigenvalue weighted by molar-refractivity contribution is 5.99. The minimum Gasteiger partial charge on any atom is -0.354 e. The lowest BCUT2D eigenvalue weighted by Crippen LogP contribution is -1.89. The van der Waals surface area contributed by atoms with Crippen LogP contribution < -0.4 is 0 Å². The molecule has 0 unspecified atom stereocenters. The fraction of sp³-hybridized carbons (Fsp3) is 0.0638. The minimum atomic E-state index is 0.906. The molecule has 4 aromatic carbocycles. The zero-order valence-corrected chi connectivity index (χ0v) is 29.0. The summed E-state index contributed by atoms with van der Waals surface area (Å²) in [4.78, 5) is 18.4. The Balaban J connectivity index is 0.00000184. The first-order chi connectivity index (χ1) is 25.2. The minimum absolute atomic E-state index is 0.906. The summed E-state index contributed by atoms with van der Waals surface area (Å²) in [5.74, 6) is 0. The molecule has 2 aliphatic rings. The van der Waals surface area contributed by atoms with Gasteiger partial charge in [0.25, 0.3) is 0 Å². The second-order valence-electron chi connectivity index (χ2n) is 12.5. The van der Waals surface area contributed by atoms with Crippen molar-refractivity contribution >= 4 is 46.4 Å². The zero-order valence-electron chi connectivity index (χ0n) is 29.0. The normalized spacial score (nSPS) is 11.7. The van der Waals surface area contributed by atoms with Crippen molar-refractivity contribution in [3.8, 4) is 44.5 Å². The Labute approximate surface area is 298 Å². The van der Waals surface area contributed by atoms with Crippen LogP contribution in [0.2, 0.25) is 0 Å². The number of nitrogens with one attached hydrogen (secondary N) is 2. The van der Waals surface area contributed by atoms with E-state index in [4.69, 9.17) is 9.97 Å². The quantitative estimate of drug-likeness (QED) is 0.198. The molecular formula is C47H38N4. The molecule has 8 bridgehead atoms. The molecule has 4 heteroatoms. The molecule has 246 valence electrons. The molecule has 0 atom stereocenters. The van der Waals surface area contributed by atoms with E-state index in [0.29, 0.717) is 0 Å². The van der Waals surface area contributed by atoms with E-state index in [1.165, 1.54) is 5.56 Å². The zero-order chi connectivity index (χ0) is 34.7. The van der Waals surface area contributed by atoms with Crippen LogP contribution in [0.25, 0.3) is 90.9 Å². The maximum absolute atomic E-state index is 5.37. The Morgan fingerprint density at radius 3 is 0.902 bits per heavy atom. The predicted molar refractivity (Wildman–Crippen MR) is 217 cm³/mol. The number of hydrogen-bond donors (Lipinski definition) is 2. The maximum atomic E-state index is 5.37. The van der Waals surface area contributed by atoms with E-state index in [1.807, 2.05) is 13.8 Å². The Hall–Kier alpha value is -6.52. The first-order valence-corrected chi connectivity index (χ1v) is 17.6. The second kappa shape index (κ2) is 13.8. The Morgan fingerprint density at radius 2 is 0.608 bits per heavy atom. The number of H-pyrrole nitrogens is 2. The summed E-state index contributed by atoms with van der Waals surface area (Å²) < 4.78 is 0. The van der Waals surface area contributed by atoms with Crippen molar-refractivity contribution in [1.29, 1.82) is 0 Å². The third kappa shape index (κ3) is 6.02. The molecule has 2 N–H and O–H groups in total. The summed E-state index contributed by atoms with van der Waals surface area (Å²) in [6.45, 7) is 6.12. The first kappa shape index (κ1) is 31.7. The molecule has 4 nitrogen and oxygen atoms in total. The molecule has 7 aromatic rings. The van der Waals surface area contributed by atoms with Crippen molar-refractivity contribution in [2.45, 2.75) is 20.8 Å². The number of aryl methyl sites for hydroxylation is 1. The summed E-state index contributed by atoms with van der Waals surface area (Å²) in [7, 11) is 0. The summed E-state index contributed by atoms with van der Waals surface area (Å²) in [5, 5.41) is 0. The van der Waals surface area contributed by atoms with Crippen LogP contribution in [0.5, 0.6) is 0 Å². The Bertz CT molecular complexity index is 2530. The summed E-state index contributed by atoms with van der Waals surface area (Å²) in [6.07, 6.45) is 8.56. The van der Waals surface area contributed by atoms with Gasteiger partial charge >= 0.3 is 0 Å². The molecule has 0 fully saturated rings. The largest absolute Gasteiger partial charge is 0.354 e. The molecule has 51 heavy (non-hydrogen) atoms. The fourth-order valence-electron chi connectivity index (χ4n) is 6.95. The van der Waals surface area contributed by atoms with Crippen molar-refractivity contribution in [2.24, 2.45) is 0 Å². The lowest BCUT2D eigenvalue weighted by atomic mass is 10.0. The molecule has 2 aliphatic heterocycles. The van der Waals surface area contributed by atoms with Gasteiger partial charge in [-0.15, -0.1) is 0 Å². The summed E-state index contributed by atoms with van der Waals surface area (Å²) in [6, 6.07) is 48.9. The molecule has 9 rings (SSSR count). The number of rotatable bonds is 4. The maximum Gasteiger partial charge on any atom is 0.0737 e. The number of aromatic nitrogens is 4. The average molecular weight is 659 g/mol. The number of hydrogen-bond acceptors (Lipinski definition) is 2. The van der Waals surface area contributed by atoms with Crippen LogP contribution in [0, 0.1) is 6.92 Å². The van der Waals surface area contributed by atoms with E-state index in [9.17, 15) is 0 Å². The second-order valence-corrected chi connectivity index (χ2v) is 12.5. The van der Waals surface area contributed by atoms with Crippen LogP contribution in [0.3, 0.4) is 0 Å². The van der Waals surface area contributed by atoms with E-state index in [2.05, 4.69) is 181 Å². The molecule has 0 radical (unpaired) electrons. The lowest BCUT2D eigenvalue weighted by molar-refractivity contribution is 1.31. The van der Waals surface area contributed by atoms with Crippen LogP contribution >= 0.6 is 0 Å². The fourth-order valence-corrected chi connectivity index (χ4v) is 6.95. The van der Waals surface area contributed by atoms with Crippen molar-refractivity contribution in [1.82, 2.24) is 19.9 Å². The highest BCUT2D eigenvalue weighted by Crippen LogP contribution is 2.38. The van der Waals surface area contributed by atoms with Crippen molar-refractivity contribution in [3.05, 3.63) is 168 Å². The monoisotopic (exact) mass is 658 g/mol. The van der Waals surface area contributed by atoms with E-state index >= 15 is 0 Å². The standard InChI is InChI=1S/C45H32N4.C2H6/c1-29-17-19-33(20-18-29)45-40-27-25-38(48-40)43(31-13-7-3-8-14-31)36-23-21-34(46-36)42(30-11-5-2-6-12-30)35-22-24-37(47-35)44(32-15-9-4-10-16-32)39-26-28-41(45)49-39;1-2/h2-28,46,49H,1H3;1-2H3. The van der Waals surface area contributed by atoms with Gasteiger partial charge in [-0.1, -0.05) is 135 Å². The van der Waals surface area contributed by atoms with Gasteiger partial charge in [0.15, 0.2) is 0 Å². The SMILES string of the molecule is CC.Cc1ccc(-c2c3nc(c(-c4ccccc4)c4ccc([nH]4)c(-c4ccccc4)c4nc(c(-c5ccccc5)c5ccc2[nH]5)C=C4)C=C3)cc1. The third-order valence-corrected chi connectivity index (χ3v) is 9.28. The van der Waals surface area contributed by atoms with Gasteiger partial charge in [-0.3, -0.25) is 0 Å². The van der Waals surface area contributed by atoms with Gasteiger partial charge in [0, 0.05) is 44.3 Å². The van der Waals surface area contributed by atoms with E-state index in [1.54, 1.807) is 0 Å².